The van der Waals surface area contributed by atoms with Crippen molar-refractivity contribution < 1.29 is 0 Å². The summed E-state index contributed by atoms with van der Waals surface area (Å²) in [5.41, 5.74) is 1.93. The van der Waals surface area contributed by atoms with Gasteiger partial charge in [0.15, 0.2) is 0 Å². The lowest BCUT2D eigenvalue weighted by atomic mass is 10.2. The van der Waals surface area contributed by atoms with Crippen LogP contribution >= 0.6 is 0 Å². The molecule has 0 unspecified atom stereocenters. The van der Waals surface area contributed by atoms with Crippen LogP contribution in [-0.4, -0.2) is 9.97 Å². The minimum atomic E-state index is 0.908. The molecule has 12 heavy (non-hydrogen) atoms. The van der Waals surface area contributed by atoms with Crippen LogP contribution in [-0.2, 0) is 0 Å². The van der Waals surface area contributed by atoms with Crippen molar-refractivity contribution in [2.24, 2.45) is 0 Å². The number of hydrogen-bond donors (Lipinski definition) is 0. The quantitative estimate of drug-likeness (QED) is 0.629. The molecule has 2 aromatic heterocycles. The van der Waals surface area contributed by atoms with Gasteiger partial charge in [-0.2, -0.15) is 0 Å². The number of pyridine rings is 2. The van der Waals surface area contributed by atoms with Gasteiger partial charge in [-0.1, -0.05) is 0 Å². The largest absolute Gasteiger partial charge is 0.264 e. The van der Waals surface area contributed by atoms with Gasteiger partial charge >= 0.3 is 0 Å². The first-order chi connectivity index (χ1) is 5.97. The van der Waals surface area contributed by atoms with E-state index in [1.807, 2.05) is 18.2 Å². The van der Waals surface area contributed by atoms with E-state index < -0.39 is 0 Å². The standard InChI is InChI=1S/C10H7N2/c1-2-7-12-10(5-1)9-4-3-6-11-8-9/h2-8H. The van der Waals surface area contributed by atoms with E-state index in [1.165, 1.54) is 0 Å². The summed E-state index contributed by atoms with van der Waals surface area (Å²) in [6.45, 7) is 0. The van der Waals surface area contributed by atoms with Crippen LogP contribution in [0.5, 0.6) is 0 Å². The second kappa shape index (κ2) is 3.13. The lowest BCUT2D eigenvalue weighted by Gasteiger charge is -1.96. The SMILES string of the molecule is [c]1ccnc(-c2cccnc2)c1. The van der Waals surface area contributed by atoms with Crippen LogP contribution in [0.1, 0.15) is 0 Å². The van der Waals surface area contributed by atoms with Gasteiger partial charge in [0, 0.05) is 24.2 Å². The summed E-state index contributed by atoms with van der Waals surface area (Å²) in [6.07, 6.45) is 5.26. The van der Waals surface area contributed by atoms with Crippen molar-refractivity contribution in [1.82, 2.24) is 9.97 Å². The molecule has 0 saturated carbocycles. The highest BCUT2D eigenvalue weighted by atomic mass is 14.7. The zero-order chi connectivity index (χ0) is 8.23. The molecule has 0 aliphatic rings. The third-order valence-electron chi connectivity index (χ3n) is 1.56. The highest BCUT2D eigenvalue weighted by Gasteiger charge is 1.94. The van der Waals surface area contributed by atoms with Crippen LogP contribution in [0.4, 0.5) is 0 Å². The van der Waals surface area contributed by atoms with Crippen LogP contribution < -0.4 is 0 Å². The van der Waals surface area contributed by atoms with Gasteiger partial charge in [0.25, 0.3) is 0 Å². The summed E-state index contributed by atoms with van der Waals surface area (Å²) >= 11 is 0. The molecule has 2 nitrogen and oxygen atoms in total. The van der Waals surface area contributed by atoms with Crippen molar-refractivity contribution in [1.29, 1.82) is 0 Å². The molecule has 1 radical (unpaired) electrons. The maximum atomic E-state index is 4.18. The predicted molar refractivity (Wildman–Crippen MR) is 46.3 cm³/mol. The number of hydrogen-bond acceptors (Lipinski definition) is 2. The monoisotopic (exact) mass is 155 g/mol. The van der Waals surface area contributed by atoms with E-state index >= 15 is 0 Å². The summed E-state index contributed by atoms with van der Waals surface area (Å²) in [5, 5.41) is 0. The smallest absolute Gasteiger partial charge is 0.0723 e. The Balaban J connectivity index is 2.46. The Morgan fingerprint density at radius 2 is 2.25 bits per heavy atom. The predicted octanol–water partition coefficient (Wildman–Crippen LogP) is 1.94. The maximum Gasteiger partial charge on any atom is 0.0723 e. The fourth-order valence-corrected chi connectivity index (χ4v) is 0.997. The first-order valence-electron chi connectivity index (χ1n) is 3.69. The zero-order valence-corrected chi connectivity index (χ0v) is 6.44. The molecule has 0 aliphatic carbocycles. The van der Waals surface area contributed by atoms with Gasteiger partial charge in [0.05, 0.1) is 5.69 Å². The zero-order valence-electron chi connectivity index (χ0n) is 6.44. The number of rotatable bonds is 1. The molecular formula is C10H7N2. The second-order valence-corrected chi connectivity index (χ2v) is 2.38. The summed E-state index contributed by atoms with van der Waals surface area (Å²) < 4.78 is 0. The summed E-state index contributed by atoms with van der Waals surface area (Å²) in [4.78, 5) is 8.18. The third-order valence-corrected chi connectivity index (χ3v) is 1.56. The summed E-state index contributed by atoms with van der Waals surface area (Å²) in [5.74, 6) is 0. The van der Waals surface area contributed by atoms with Crippen LogP contribution in [0.15, 0.2) is 42.9 Å². The van der Waals surface area contributed by atoms with E-state index in [9.17, 15) is 0 Å². The average molecular weight is 155 g/mol. The van der Waals surface area contributed by atoms with Crippen molar-refractivity contribution in [3.8, 4) is 11.3 Å². The Hall–Kier alpha value is -1.70. The number of nitrogens with zero attached hydrogens (tertiary/aromatic N) is 2. The molecule has 0 fully saturated rings. The molecule has 0 bridgehead atoms. The molecule has 0 saturated heterocycles. The Morgan fingerprint density at radius 1 is 1.25 bits per heavy atom. The van der Waals surface area contributed by atoms with Gasteiger partial charge in [0.2, 0.25) is 0 Å². The van der Waals surface area contributed by atoms with Crippen molar-refractivity contribution in [2.45, 2.75) is 0 Å². The van der Waals surface area contributed by atoms with Crippen LogP contribution in [0.3, 0.4) is 0 Å². The first kappa shape index (κ1) is 6.98. The molecule has 0 atom stereocenters. The van der Waals surface area contributed by atoms with Gasteiger partial charge in [0.1, 0.15) is 0 Å². The molecule has 0 aromatic carbocycles. The van der Waals surface area contributed by atoms with Crippen LogP contribution in [0.2, 0.25) is 0 Å². The van der Waals surface area contributed by atoms with Crippen molar-refractivity contribution in [3.63, 3.8) is 0 Å². The highest BCUT2D eigenvalue weighted by molar-refractivity contribution is 5.56. The van der Waals surface area contributed by atoms with Crippen LogP contribution in [0, 0.1) is 6.07 Å². The lowest BCUT2D eigenvalue weighted by Crippen LogP contribution is -1.81. The highest BCUT2D eigenvalue weighted by Crippen LogP contribution is 2.12. The normalized spacial score (nSPS) is 9.67. The number of aromatic nitrogens is 2. The van der Waals surface area contributed by atoms with E-state index in [0.29, 0.717) is 0 Å². The molecule has 0 amide bonds. The Labute approximate surface area is 70.9 Å². The molecule has 57 valence electrons. The molecule has 2 aromatic rings. The minimum absolute atomic E-state index is 0.908. The van der Waals surface area contributed by atoms with E-state index in [4.69, 9.17) is 0 Å². The van der Waals surface area contributed by atoms with Crippen molar-refractivity contribution in [2.75, 3.05) is 0 Å². The average Bonchev–Trinajstić information content (AvgIpc) is 2.21. The van der Waals surface area contributed by atoms with Crippen LogP contribution in [0.25, 0.3) is 11.3 Å². The van der Waals surface area contributed by atoms with Gasteiger partial charge in [-0.05, 0) is 30.3 Å². The molecule has 0 spiro atoms. The fraction of sp³-hybridized carbons (Fsp3) is 0. The molecule has 2 rings (SSSR count). The van der Waals surface area contributed by atoms with Gasteiger partial charge in [-0.15, -0.1) is 0 Å². The van der Waals surface area contributed by atoms with Gasteiger partial charge < -0.3 is 0 Å². The Kier molecular flexibility index (Phi) is 1.82. The lowest BCUT2D eigenvalue weighted by molar-refractivity contribution is 1.28. The molecule has 2 heteroatoms. The fourth-order valence-electron chi connectivity index (χ4n) is 0.997. The van der Waals surface area contributed by atoms with E-state index in [2.05, 4.69) is 16.0 Å². The van der Waals surface area contributed by atoms with Crippen molar-refractivity contribution >= 4 is 0 Å². The van der Waals surface area contributed by atoms with E-state index in [-0.39, 0.29) is 0 Å². The maximum absolute atomic E-state index is 4.18. The summed E-state index contributed by atoms with van der Waals surface area (Å²) in [7, 11) is 0. The van der Waals surface area contributed by atoms with E-state index in [0.717, 1.165) is 11.3 Å². The van der Waals surface area contributed by atoms with Gasteiger partial charge in [-0.25, -0.2) is 0 Å². The third kappa shape index (κ3) is 1.32. The second-order valence-electron chi connectivity index (χ2n) is 2.38. The first-order valence-corrected chi connectivity index (χ1v) is 3.69. The van der Waals surface area contributed by atoms with Crippen molar-refractivity contribution in [3.05, 3.63) is 48.9 Å². The Morgan fingerprint density at radius 3 is 2.92 bits per heavy atom. The minimum Gasteiger partial charge on any atom is -0.264 e. The molecule has 0 N–H and O–H groups in total. The van der Waals surface area contributed by atoms with E-state index in [1.54, 1.807) is 24.7 Å². The molecular weight excluding hydrogens is 148 g/mol. The van der Waals surface area contributed by atoms with Gasteiger partial charge in [-0.3, -0.25) is 9.97 Å². The summed E-state index contributed by atoms with van der Waals surface area (Å²) in [6, 6.07) is 10.5. The molecule has 2 heterocycles. The topological polar surface area (TPSA) is 25.8 Å². The Bertz CT molecular complexity index is 305. The molecule has 0 aliphatic heterocycles.